The molecule has 1 unspecified atom stereocenters. The van der Waals surface area contributed by atoms with Crippen molar-refractivity contribution in [2.24, 2.45) is 22.7 Å². The van der Waals surface area contributed by atoms with Gasteiger partial charge in [0.1, 0.15) is 11.7 Å². The summed E-state index contributed by atoms with van der Waals surface area (Å²) in [5, 5.41) is 12.3. The molecule has 5 aliphatic carbocycles. The van der Waals surface area contributed by atoms with E-state index < -0.39 is 17.4 Å². The van der Waals surface area contributed by atoms with Gasteiger partial charge in [-0.1, -0.05) is 38.4 Å². The first-order chi connectivity index (χ1) is 18.4. The van der Waals surface area contributed by atoms with Crippen LogP contribution in [0.25, 0.3) is 0 Å². The van der Waals surface area contributed by atoms with E-state index in [1.807, 2.05) is 13.0 Å². The molecular weight excluding hydrogens is 518 g/mol. The number of halogens is 1. The second-order valence-electron chi connectivity index (χ2n) is 14.4. The number of piperidine rings is 1. The molecule has 0 aromatic heterocycles. The molecule has 1 aromatic carbocycles. The van der Waals surface area contributed by atoms with Crippen LogP contribution in [0.4, 0.5) is 4.79 Å². The number of rotatable bonds is 6. The van der Waals surface area contributed by atoms with Crippen LogP contribution in [0.3, 0.4) is 0 Å². The average molecular weight is 560 g/mol. The number of alkyl halides is 1. The minimum Gasteiger partial charge on any atom is -0.482 e. The molecule has 214 valence electrons. The first kappa shape index (κ1) is 26.4. The normalized spacial score (nSPS) is 39.5. The van der Waals surface area contributed by atoms with Gasteiger partial charge in [-0.3, -0.25) is 4.90 Å². The second kappa shape index (κ2) is 8.27. The summed E-state index contributed by atoms with van der Waals surface area (Å²) in [7, 11) is 1.80. The Morgan fingerprint density at radius 2 is 1.97 bits per heavy atom. The maximum absolute atomic E-state index is 12.4. The molecule has 8 rings (SSSR count). The van der Waals surface area contributed by atoms with Crippen LogP contribution in [0.5, 0.6) is 11.5 Å². The minimum absolute atomic E-state index is 0.0570. The van der Waals surface area contributed by atoms with Crippen LogP contribution in [0.2, 0.25) is 0 Å². The molecule has 39 heavy (non-hydrogen) atoms. The highest BCUT2D eigenvalue weighted by molar-refractivity contribution is 6.17. The molecule has 1 N–H and O–H groups in total. The number of ether oxygens (including phenoxy) is 4. The largest absolute Gasteiger partial charge is 0.515 e. The number of hydrogen-bond acceptors (Lipinski definition) is 7. The highest BCUT2D eigenvalue weighted by Gasteiger charge is 2.82. The van der Waals surface area contributed by atoms with Gasteiger partial charge in [0.25, 0.3) is 0 Å². The minimum atomic E-state index is -0.977. The molecule has 8 heteroatoms. The Bertz CT molecular complexity index is 1210. The molecule has 0 radical (unpaired) electrons. The number of nitrogens with zero attached hydrogens (tertiary/aromatic N) is 1. The van der Waals surface area contributed by atoms with E-state index in [9.17, 15) is 9.90 Å². The first-order valence-corrected chi connectivity index (χ1v) is 15.2. The van der Waals surface area contributed by atoms with Gasteiger partial charge in [0.2, 0.25) is 0 Å². The third kappa shape index (κ3) is 3.19. The van der Waals surface area contributed by atoms with Gasteiger partial charge in [-0.25, -0.2) is 4.79 Å². The average Bonchev–Trinajstić information content (AvgIpc) is 3.62. The second-order valence-corrected chi connectivity index (χ2v) is 14.6. The van der Waals surface area contributed by atoms with E-state index in [2.05, 4.69) is 31.7 Å². The van der Waals surface area contributed by atoms with Crippen molar-refractivity contribution < 1.29 is 28.8 Å². The van der Waals surface area contributed by atoms with Crippen molar-refractivity contribution in [2.75, 3.05) is 26.3 Å². The topological polar surface area (TPSA) is 77.5 Å². The lowest BCUT2D eigenvalue weighted by Crippen LogP contribution is -2.83. The summed E-state index contributed by atoms with van der Waals surface area (Å²) in [6.07, 6.45) is 6.27. The SMILES string of the molecule is CO[C@]12CC[C@@]3(C[C@@H]1[C@](C)(O)C(C)(C)C)C1Cc4ccc(OC(=O)OCCl)c5c4[C@@]3(CCN1CC1CC1)[C@H]2O5. The summed E-state index contributed by atoms with van der Waals surface area (Å²) in [4.78, 5) is 15.1. The number of carbonyl (C=O) groups is 1. The first-order valence-electron chi connectivity index (χ1n) is 14.7. The Labute approximate surface area is 236 Å². The predicted octanol–water partition coefficient (Wildman–Crippen LogP) is 5.42. The van der Waals surface area contributed by atoms with E-state index in [-0.39, 0.29) is 34.3 Å². The fourth-order valence-electron chi connectivity index (χ4n) is 9.81. The van der Waals surface area contributed by atoms with Crippen molar-refractivity contribution in [3.63, 3.8) is 0 Å². The zero-order valence-corrected chi connectivity index (χ0v) is 24.6. The van der Waals surface area contributed by atoms with E-state index in [1.165, 1.54) is 24.0 Å². The Morgan fingerprint density at radius 1 is 1.21 bits per heavy atom. The van der Waals surface area contributed by atoms with Crippen LogP contribution in [0, 0.1) is 22.7 Å². The molecule has 5 fully saturated rings. The smallest absolute Gasteiger partial charge is 0.482 e. The number of aliphatic hydroxyl groups is 1. The van der Waals surface area contributed by atoms with E-state index >= 15 is 0 Å². The third-order valence-corrected chi connectivity index (χ3v) is 12.3. The standard InChI is InChI=1S/C31H42ClNO6/c1-27(2,3)28(4,35)21-15-29-10-11-31(21,36-5)25-30(29)12-13-33(16-18-6-7-18)22(29)14-19-8-9-20(24(39-25)23(19)30)38-26(34)37-17-32/h8-9,18,21-22,25,35H,6-7,10-17H2,1-5H3/t21-,22?,25-,28+,29-,30+,31-/m1/s1. The van der Waals surface area contributed by atoms with E-state index in [4.69, 9.17) is 30.5 Å². The molecule has 2 aliphatic heterocycles. The van der Waals surface area contributed by atoms with Gasteiger partial charge in [0, 0.05) is 42.0 Å². The summed E-state index contributed by atoms with van der Waals surface area (Å²) in [5.41, 5.74) is 0.200. The zero-order valence-electron chi connectivity index (χ0n) is 23.8. The summed E-state index contributed by atoms with van der Waals surface area (Å²) in [6, 6.07) is 4.09. The number of likely N-dealkylation sites (tertiary alicyclic amines) is 1. The number of benzene rings is 1. The molecule has 1 saturated heterocycles. The van der Waals surface area contributed by atoms with Crippen molar-refractivity contribution >= 4 is 17.8 Å². The Morgan fingerprint density at radius 3 is 2.64 bits per heavy atom. The number of fused-ring (bicyclic) bond motifs is 2. The number of hydrogen-bond donors (Lipinski definition) is 1. The molecule has 7 atom stereocenters. The van der Waals surface area contributed by atoms with E-state index in [0.29, 0.717) is 17.5 Å². The van der Waals surface area contributed by atoms with Gasteiger partial charge in [-0.05, 0) is 81.4 Å². The highest BCUT2D eigenvalue weighted by atomic mass is 35.5. The van der Waals surface area contributed by atoms with Gasteiger partial charge >= 0.3 is 6.16 Å². The summed E-state index contributed by atoms with van der Waals surface area (Å²) in [6.45, 7) is 10.6. The van der Waals surface area contributed by atoms with Crippen molar-refractivity contribution in [3.05, 3.63) is 23.3 Å². The lowest BCUT2D eigenvalue weighted by molar-refractivity contribution is -0.312. The lowest BCUT2D eigenvalue weighted by atomic mass is 9.33. The quantitative estimate of drug-likeness (QED) is 0.283. The van der Waals surface area contributed by atoms with Gasteiger partial charge < -0.3 is 24.1 Å². The van der Waals surface area contributed by atoms with Gasteiger partial charge in [-0.15, -0.1) is 0 Å². The number of methoxy groups -OCH3 is 1. The summed E-state index contributed by atoms with van der Waals surface area (Å²) >= 11 is 5.63. The predicted molar refractivity (Wildman–Crippen MR) is 146 cm³/mol. The lowest BCUT2D eigenvalue weighted by Gasteiger charge is -2.75. The van der Waals surface area contributed by atoms with Gasteiger partial charge in [0.05, 0.1) is 5.60 Å². The van der Waals surface area contributed by atoms with Crippen LogP contribution in [0.1, 0.15) is 77.3 Å². The molecule has 4 saturated carbocycles. The van der Waals surface area contributed by atoms with Gasteiger partial charge in [-0.2, -0.15) is 0 Å². The van der Waals surface area contributed by atoms with Crippen molar-refractivity contribution in [3.8, 4) is 11.5 Å². The molecular formula is C31H42ClNO6. The van der Waals surface area contributed by atoms with Crippen LogP contribution in [-0.4, -0.2) is 65.8 Å². The summed E-state index contributed by atoms with van der Waals surface area (Å²) in [5.74, 6) is 1.74. The monoisotopic (exact) mass is 559 g/mol. The molecule has 2 heterocycles. The fraction of sp³-hybridized carbons (Fsp3) is 0.774. The zero-order chi connectivity index (χ0) is 27.6. The van der Waals surface area contributed by atoms with Crippen LogP contribution in [-0.2, 0) is 21.3 Å². The molecule has 7 aliphatic rings. The van der Waals surface area contributed by atoms with E-state index in [0.717, 1.165) is 51.1 Å². The van der Waals surface area contributed by atoms with Gasteiger partial charge in [0.15, 0.2) is 17.6 Å². The Hall–Kier alpha value is -1.54. The Kier molecular flexibility index (Phi) is 5.59. The van der Waals surface area contributed by atoms with Crippen molar-refractivity contribution in [2.45, 2.75) is 101 Å². The fourth-order valence-corrected chi connectivity index (χ4v) is 9.90. The van der Waals surface area contributed by atoms with Crippen LogP contribution >= 0.6 is 11.6 Å². The van der Waals surface area contributed by atoms with Crippen molar-refractivity contribution in [1.82, 2.24) is 4.90 Å². The molecule has 1 aromatic rings. The maximum atomic E-state index is 12.4. The van der Waals surface area contributed by atoms with E-state index in [1.54, 1.807) is 7.11 Å². The van der Waals surface area contributed by atoms with Crippen LogP contribution < -0.4 is 9.47 Å². The van der Waals surface area contributed by atoms with Crippen molar-refractivity contribution in [1.29, 1.82) is 0 Å². The van der Waals surface area contributed by atoms with Crippen LogP contribution in [0.15, 0.2) is 12.1 Å². The summed E-state index contributed by atoms with van der Waals surface area (Å²) < 4.78 is 24.2. The molecule has 0 amide bonds. The maximum Gasteiger partial charge on any atom is 0.515 e. The molecule has 7 nitrogen and oxygen atoms in total. The highest BCUT2D eigenvalue weighted by Crippen LogP contribution is 2.78. The number of carbonyl (C=O) groups excluding carboxylic acids is 1. The molecule has 4 bridgehead atoms. The molecule has 2 spiro atoms. The third-order valence-electron chi connectivity index (χ3n) is 12.2. The Balaban J connectivity index is 1.43.